The maximum Gasteiger partial charge on any atom is 0.118 e. The molecule has 2 aromatic heterocycles. The van der Waals surface area contributed by atoms with Crippen molar-refractivity contribution in [3.63, 3.8) is 0 Å². The van der Waals surface area contributed by atoms with Crippen molar-refractivity contribution in [1.82, 2.24) is 0 Å². The minimum absolute atomic E-state index is 0.886. The van der Waals surface area contributed by atoms with Crippen LogP contribution in [-0.4, -0.2) is 7.11 Å². The van der Waals surface area contributed by atoms with Gasteiger partial charge in [-0.2, -0.15) is 0 Å². The molecule has 1 aromatic carbocycles. The number of thiophene rings is 2. The van der Waals surface area contributed by atoms with Crippen molar-refractivity contribution < 1.29 is 4.74 Å². The molecule has 2 heterocycles. The summed E-state index contributed by atoms with van der Waals surface area (Å²) in [4.78, 5) is 4.04. The second kappa shape index (κ2) is 7.22. The highest BCUT2D eigenvalue weighted by Gasteiger charge is 2.23. The molecule has 0 unspecified atom stereocenters. The van der Waals surface area contributed by atoms with Gasteiger partial charge in [-0.05, 0) is 97.3 Å². The van der Waals surface area contributed by atoms with E-state index in [4.69, 9.17) is 16.3 Å². The number of ether oxygens (including phenoxy) is 1. The summed E-state index contributed by atoms with van der Waals surface area (Å²) in [5.41, 5.74) is 7.02. The molecule has 3 aromatic rings. The minimum atomic E-state index is 0.886. The fourth-order valence-corrected chi connectivity index (χ4v) is 6.03. The molecule has 0 aliphatic heterocycles. The summed E-state index contributed by atoms with van der Waals surface area (Å²) in [6.45, 7) is 4.42. The normalized spacial score (nSPS) is 14.3. The molecule has 0 radical (unpaired) electrons. The van der Waals surface area contributed by atoms with Crippen LogP contribution in [0.3, 0.4) is 0 Å². The fourth-order valence-electron chi connectivity index (χ4n) is 3.76. The van der Waals surface area contributed by atoms with E-state index in [-0.39, 0.29) is 0 Å². The van der Waals surface area contributed by atoms with Crippen LogP contribution in [0.4, 0.5) is 0 Å². The fraction of sp³-hybridized carbons (Fsp3) is 0.273. The first kappa shape index (κ1) is 17.8. The summed E-state index contributed by atoms with van der Waals surface area (Å²) in [5.74, 6) is 0.896. The van der Waals surface area contributed by atoms with Crippen LogP contribution in [0.2, 0.25) is 4.34 Å². The Morgan fingerprint density at radius 2 is 1.50 bits per heavy atom. The maximum atomic E-state index is 6.27. The first-order valence-electron chi connectivity index (χ1n) is 8.80. The highest BCUT2D eigenvalue weighted by molar-refractivity contribution is 7.16. The van der Waals surface area contributed by atoms with Gasteiger partial charge in [0.05, 0.1) is 11.4 Å². The molecule has 1 nitrogen and oxygen atoms in total. The van der Waals surface area contributed by atoms with E-state index in [1.807, 2.05) is 23.5 Å². The molecule has 26 heavy (non-hydrogen) atoms. The zero-order chi connectivity index (χ0) is 18.3. The molecule has 0 saturated heterocycles. The van der Waals surface area contributed by atoms with E-state index in [0.717, 1.165) is 22.9 Å². The van der Waals surface area contributed by atoms with Gasteiger partial charge in [-0.15, -0.1) is 22.7 Å². The van der Waals surface area contributed by atoms with E-state index in [0.29, 0.717) is 0 Å². The van der Waals surface area contributed by atoms with Crippen LogP contribution in [0.25, 0.3) is 21.6 Å². The number of benzene rings is 1. The number of halogens is 1. The predicted octanol–water partition coefficient (Wildman–Crippen LogP) is 7.85. The summed E-state index contributed by atoms with van der Waals surface area (Å²) in [5, 5.41) is 0. The van der Waals surface area contributed by atoms with E-state index in [2.05, 4.69) is 38.1 Å². The number of allylic oxidation sites excluding steroid dienone is 2. The summed E-state index contributed by atoms with van der Waals surface area (Å²) < 4.78 is 6.16. The van der Waals surface area contributed by atoms with Gasteiger partial charge in [-0.25, -0.2) is 0 Å². The van der Waals surface area contributed by atoms with Gasteiger partial charge in [-0.3, -0.25) is 0 Å². The molecule has 0 atom stereocenters. The van der Waals surface area contributed by atoms with Gasteiger partial charge in [-0.1, -0.05) is 11.6 Å². The number of hydrogen-bond acceptors (Lipinski definition) is 3. The zero-order valence-corrected chi connectivity index (χ0v) is 17.6. The average molecular weight is 401 g/mol. The average Bonchev–Trinajstić information content (AvgIpc) is 3.33. The molecule has 4 rings (SSSR count). The Labute approximate surface area is 167 Å². The molecular weight excluding hydrogens is 380 g/mol. The van der Waals surface area contributed by atoms with Crippen molar-refractivity contribution in [2.75, 3.05) is 7.11 Å². The van der Waals surface area contributed by atoms with Crippen LogP contribution >= 0.6 is 34.3 Å². The summed E-state index contributed by atoms with van der Waals surface area (Å²) in [7, 11) is 1.70. The van der Waals surface area contributed by atoms with Gasteiger partial charge in [0, 0.05) is 14.6 Å². The Morgan fingerprint density at radius 1 is 0.885 bits per heavy atom. The van der Waals surface area contributed by atoms with Crippen molar-refractivity contribution in [1.29, 1.82) is 0 Å². The summed E-state index contributed by atoms with van der Waals surface area (Å²) in [6.07, 6.45) is 3.53. The number of hydrogen-bond donors (Lipinski definition) is 0. The van der Waals surface area contributed by atoms with Gasteiger partial charge in [0.25, 0.3) is 0 Å². The second-order valence-corrected chi connectivity index (χ2v) is 9.78. The molecule has 1 aliphatic carbocycles. The van der Waals surface area contributed by atoms with E-state index in [1.165, 1.54) is 48.9 Å². The van der Waals surface area contributed by atoms with Crippen LogP contribution in [-0.2, 0) is 0 Å². The first-order valence-corrected chi connectivity index (χ1v) is 10.8. The third-order valence-corrected chi connectivity index (χ3v) is 7.33. The second-order valence-electron chi connectivity index (χ2n) is 6.64. The molecule has 0 N–H and O–H groups in total. The molecule has 0 amide bonds. The summed E-state index contributed by atoms with van der Waals surface area (Å²) in [6, 6.07) is 12.9. The first-order chi connectivity index (χ1) is 12.6. The Balaban J connectivity index is 1.76. The smallest absolute Gasteiger partial charge is 0.118 e. The van der Waals surface area contributed by atoms with Gasteiger partial charge in [0.1, 0.15) is 5.75 Å². The third-order valence-electron chi connectivity index (χ3n) is 5.05. The lowest BCUT2D eigenvalue weighted by Gasteiger charge is -2.07. The van der Waals surface area contributed by atoms with Crippen molar-refractivity contribution in [3.05, 3.63) is 61.6 Å². The molecule has 134 valence electrons. The highest BCUT2D eigenvalue weighted by Crippen LogP contribution is 2.46. The highest BCUT2D eigenvalue weighted by atomic mass is 35.5. The molecule has 0 fully saturated rings. The van der Waals surface area contributed by atoms with Crippen LogP contribution in [0.1, 0.15) is 40.1 Å². The van der Waals surface area contributed by atoms with Crippen molar-refractivity contribution >= 4 is 45.4 Å². The standard InChI is InChI=1S/C22H21ClOS2/c1-13-19(11-21(25-13)15-7-9-16(24-3)10-8-15)17-5-4-6-18(17)20-12-22(23)26-14(20)2/h7-12H,4-6H2,1-3H3. The van der Waals surface area contributed by atoms with Gasteiger partial charge in [0.15, 0.2) is 0 Å². The number of methoxy groups -OCH3 is 1. The summed E-state index contributed by atoms with van der Waals surface area (Å²) >= 11 is 9.83. The van der Waals surface area contributed by atoms with E-state index in [1.54, 1.807) is 18.4 Å². The largest absolute Gasteiger partial charge is 0.497 e. The van der Waals surface area contributed by atoms with Crippen LogP contribution in [0.5, 0.6) is 5.75 Å². The van der Waals surface area contributed by atoms with Crippen molar-refractivity contribution in [2.45, 2.75) is 33.1 Å². The van der Waals surface area contributed by atoms with E-state index < -0.39 is 0 Å². The Kier molecular flexibility index (Phi) is 4.96. The molecule has 0 bridgehead atoms. The molecular formula is C22H21ClOS2. The van der Waals surface area contributed by atoms with Crippen LogP contribution in [0.15, 0.2) is 36.4 Å². The predicted molar refractivity (Wildman–Crippen MR) is 116 cm³/mol. The van der Waals surface area contributed by atoms with Gasteiger partial charge >= 0.3 is 0 Å². The lowest BCUT2D eigenvalue weighted by atomic mass is 9.97. The Morgan fingerprint density at radius 3 is 2.08 bits per heavy atom. The van der Waals surface area contributed by atoms with Crippen LogP contribution < -0.4 is 4.74 Å². The lowest BCUT2D eigenvalue weighted by Crippen LogP contribution is -1.86. The maximum absolute atomic E-state index is 6.27. The molecule has 4 heteroatoms. The topological polar surface area (TPSA) is 9.23 Å². The van der Waals surface area contributed by atoms with Crippen molar-refractivity contribution in [2.24, 2.45) is 0 Å². The monoisotopic (exact) mass is 400 g/mol. The van der Waals surface area contributed by atoms with Crippen molar-refractivity contribution in [3.8, 4) is 16.2 Å². The molecule has 0 spiro atoms. The molecule has 1 aliphatic rings. The number of aryl methyl sites for hydroxylation is 2. The quantitative estimate of drug-likeness (QED) is 0.433. The van der Waals surface area contributed by atoms with E-state index in [9.17, 15) is 0 Å². The van der Waals surface area contributed by atoms with Gasteiger partial charge in [0.2, 0.25) is 0 Å². The third kappa shape index (κ3) is 3.24. The zero-order valence-electron chi connectivity index (χ0n) is 15.2. The minimum Gasteiger partial charge on any atom is -0.497 e. The SMILES string of the molecule is COc1ccc(-c2cc(C3=C(c4cc(Cl)sc4C)CCC3)c(C)s2)cc1. The Hall–Kier alpha value is -1.55. The van der Waals surface area contributed by atoms with Crippen LogP contribution in [0, 0.1) is 13.8 Å². The molecule has 0 saturated carbocycles. The van der Waals surface area contributed by atoms with Gasteiger partial charge < -0.3 is 4.74 Å². The lowest BCUT2D eigenvalue weighted by molar-refractivity contribution is 0.415. The Bertz CT molecular complexity index is 976. The number of rotatable bonds is 4. The van der Waals surface area contributed by atoms with E-state index >= 15 is 0 Å².